The van der Waals surface area contributed by atoms with Gasteiger partial charge in [0.15, 0.2) is 0 Å². The fourth-order valence-electron chi connectivity index (χ4n) is 1.83. The van der Waals surface area contributed by atoms with Crippen LogP contribution in [0.4, 0.5) is 0 Å². The van der Waals surface area contributed by atoms with Crippen LogP contribution in [0.1, 0.15) is 64.7 Å². The lowest BCUT2D eigenvalue weighted by Gasteiger charge is -2.16. The summed E-state index contributed by atoms with van der Waals surface area (Å²) in [5.74, 6) is 0.208. The second-order valence-corrected chi connectivity index (χ2v) is 5.43. The second-order valence-electron chi connectivity index (χ2n) is 4.90. The Morgan fingerprint density at radius 1 is 1.06 bits per heavy atom. The van der Waals surface area contributed by atoms with Crippen molar-refractivity contribution in [3.63, 3.8) is 0 Å². The highest BCUT2D eigenvalue weighted by molar-refractivity contribution is 7.80. The Kier molecular flexibility index (Phi) is 11.0. The zero-order valence-electron chi connectivity index (χ0n) is 11.9. The van der Waals surface area contributed by atoms with Gasteiger partial charge in [0.1, 0.15) is 0 Å². The molecule has 106 valence electrons. The minimum absolute atomic E-state index is 0.208. The van der Waals surface area contributed by atoms with E-state index in [0.717, 1.165) is 6.42 Å². The van der Waals surface area contributed by atoms with Gasteiger partial charge >= 0.3 is 0 Å². The molecular weight excluding hydrogens is 244 g/mol. The van der Waals surface area contributed by atoms with Crippen molar-refractivity contribution < 1.29 is 4.79 Å². The number of carbonyl (C=O) groups excluding carboxylic acids is 1. The molecule has 0 bridgehead atoms. The smallest absolute Gasteiger partial charge is 0.222 e. The number of nitrogens with zero attached hydrogens (tertiary/aromatic N) is 1. The first-order valence-electron chi connectivity index (χ1n) is 7.10. The van der Waals surface area contributed by atoms with Crippen LogP contribution < -0.4 is 5.73 Å². The molecule has 0 radical (unpaired) electrons. The standard InChI is InChI=1S/C14H28N2OS/c1-3-4-5-6-7-8-9-10-14(17)16(2)12-11-13(15)18/h3-12H2,1-2H3,(H2,15,18). The van der Waals surface area contributed by atoms with E-state index in [1.807, 2.05) is 7.05 Å². The number of amides is 1. The molecule has 0 rings (SSSR count). The van der Waals surface area contributed by atoms with E-state index in [4.69, 9.17) is 18.0 Å². The molecule has 0 aliphatic carbocycles. The number of rotatable bonds is 11. The van der Waals surface area contributed by atoms with Gasteiger partial charge in [-0.2, -0.15) is 0 Å². The molecular formula is C14H28N2OS. The van der Waals surface area contributed by atoms with Crippen LogP contribution in [0.25, 0.3) is 0 Å². The fraction of sp³-hybridized carbons (Fsp3) is 0.857. The first kappa shape index (κ1) is 17.4. The van der Waals surface area contributed by atoms with Crippen molar-refractivity contribution in [3.8, 4) is 0 Å². The molecule has 3 nitrogen and oxygen atoms in total. The largest absolute Gasteiger partial charge is 0.393 e. The van der Waals surface area contributed by atoms with E-state index in [1.165, 1.54) is 38.5 Å². The zero-order valence-corrected chi connectivity index (χ0v) is 12.7. The van der Waals surface area contributed by atoms with Gasteiger partial charge in [0.25, 0.3) is 0 Å². The Bertz CT molecular complexity index is 244. The summed E-state index contributed by atoms with van der Waals surface area (Å²) in [4.78, 5) is 13.9. The molecule has 0 aromatic carbocycles. The summed E-state index contributed by atoms with van der Waals surface area (Å²) in [6.45, 7) is 2.87. The maximum Gasteiger partial charge on any atom is 0.222 e. The van der Waals surface area contributed by atoms with Crippen molar-refractivity contribution in [1.82, 2.24) is 4.90 Å². The van der Waals surface area contributed by atoms with Crippen LogP contribution in [0.2, 0.25) is 0 Å². The van der Waals surface area contributed by atoms with Gasteiger partial charge in [-0.15, -0.1) is 0 Å². The second kappa shape index (κ2) is 11.5. The third-order valence-electron chi connectivity index (χ3n) is 3.11. The Morgan fingerprint density at radius 3 is 2.17 bits per heavy atom. The number of carbonyl (C=O) groups is 1. The summed E-state index contributed by atoms with van der Waals surface area (Å²) in [5, 5.41) is 0. The SMILES string of the molecule is CCCCCCCCCC(=O)N(C)CCC(N)=S. The average Bonchev–Trinajstić information content (AvgIpc) is 2.34. The summed E-state index contributed by atoms with van der Waals surface area (Å²) >= 11 is 4.80. The van der Waals surface area contributed by atoms with Gasteiger partial charge in [-0.1, -0.05) is 57.7 Å². The quantitative estimate of drug-likeness (QED) is 0.464. The number of unbranched alkanes of at least 4 members (excludes halogenated alkanes) is 6. The molecule has 0 atom stereocenters. The highest BCUT2D eigenvalue weighted by atomic mass is 32.1. The molecule has 4 heteroatoms. The Morgan fingerprint density at radius 2 is 1.61 bits per heavy atom. The lowest BCUT2D eigenvalue weighted by atomic mass is 10.1. The van der Waals surface area contributed by atoms with Crippen LogP contribution in [0.15, 0.2) is 0 Å². The molecule has 0 fully saturated rings. The highest BCUT2D eigenvalue weighted by Gasteiger charge is 2.07. The Labute approximate surface area is 117 Å². The first-order chi connectivity index (χ1) is 8.57. The van der Waals surface area contributed by atoms with E-state index >= 15 is 0 Å². The molecule has 1 amide bonds. The molecule has 0 saturated carbocycles. The molecule has 0 aromatic heterocycles. The van der Waals surface area contributed by atoms with Crippen LogP contribution in [0.5, 0.6) is 0 Å². The molecule has 0 aliphatic rings. The minimum Gasteiger partial charge on any atom is -0.393 e. The van der Waals surface area contributed by atoms with Gasteiger partial charge in [-0.25, -0.2) is 0 Å². The van der Waals surface area contributed by atoms with Crippen molar-refractivity contribution in [3.05, 3.63) is 0 Å². The topological polar surface area (TPSA) is 46.3 Å². The van der Waals surface area contributed by atoms with E-state index in [2.05, 4.69) is 6.92 Å². The lowest BCUT2D eigenvalue weighted by molar-refractivity contribution is -0.129. The first-order valence-corrected chi connectivity index (χ1v) is 7.51. The summed E-state index contributed by atoms with van der Waals surface area (Å²) in [5.41, 5.74) is 5.41. The van der Waals surface area contributed by atoms with E-state index < -0.39 is 0 Å². The van der Waals surface area contributed by atoms with Crippen LogP contribution in [-0.2, 0) is 4.79 Å². The van der Waals surface area contributed by atoms with Gasteiger partial charge < -0.3 is 10.6 Å². The third kappa shape index (κ3) is 10.5. The monoisotopic (exact) mass is 272 g/mol. The van der Waals surface area contributed by atoms with Gasteiger partial charge in [0.2, 0.25) is 5.91 Å². The number of hydrogen-bond acceptors (Lipinski definition) is 2. The van der Waals surface area contributed by atoms with Crippen molar-refractivity contribution in [2.45, 2.75) is 64.7 Å². The predicted molar refractivity (Wildman–Crippen MR) is 81.6 cm³/mol. The molecule has 0 spiro atoms. The van der Waals surface area contributed by atoms with Gasteiger partial charge in [-0.05, 0) is 6.42 Å². The van der Waals surface area contributed by atoms with E-state index in [9.17, 15) is 4.79 Å². The lowest BCUT2D eigenvalue weighted by Crippen LogP contribution is -2.29. The van der Waals surface area contributed by atoms with Gasteiger partial charge in [0.05, 0.1) is 4.99 Å². The number of hydrogen-bond donors (Lipinski definition) is 1. The highest BCUT2D eigenvalue weighted by Crippen LogP contribution is 2.09. The van der Waals surface area contributed by atoms with E-state index in [1.54, 1.807) is 4.90 Å². The zero-order chi connectivity index (χ0) is 13.8. The summed E-state index contributed by atoms with van der Waals surface area (Å²) in [6.07, 6.45) is 9.95. The molecule has 2 N–H and O–H groups in total. The normalized spacial score (nSPS) is 10.3. The maximum atomic E-state index is 11.7. The maximum absolute atomic E-state index is 11.7. The van der Waals surface area contributed by atoms with Crippen molar-refractivity contribution >= 4 is 23.1 Å². The Hall–Kier alpha value is -0.640. The fourth-order valence-corrected chi connectivity index (χ4v) is 1.92. The van der Waals surface area contributed by atoms with Crippen molar-refractivity contribution in [1.29, 1.82) is 0 Å². The summed E-state index contributed by atoms with van der Waals surface area (Å²) in [7, 11) is 1.82. The number of thiocarbonyl (C=S) groups is 1. The molecule has 0 heterocycles. The molecule has 0 aromatic rings. The molecule has 0 saturated heterocycles. The third-order valence-corrected chi connectivity index (χ3v) is 3.32. The van der Waals surface area contributed by atoms with Crippen molar-refractivity contribution in [2.75, 3.05) is 13.6 Å². The van der Waals surface area contributed by atoms with Gasteiger partial charge in [0, 0.05) is 26.4 Å². The number of nitrogens with two attached hydrogens (primary N) is 1. The molecule has 0 unspecified atom stereocenters. The Balaban J connectivity index is 3.43. The van der Waals surface area contributed by atoms with Crippen LogP contribution in [-0.4, -0.2) is 29.4 Å². The summed E-state index contributed by atoms with van der Waals surface area (Å²) < 4.78 is 0. The van der Waals surface area contributed by atoms with E-state index in [-0.39, 0.29) is 5.91 Å². The molecule has 0 aliphatic heterocycles. The average molecular weight is 272 g/mol. The van der Waals surface area contributed by atoms with Crippen molar-refractivity contribution in [2.24, 2.45) is 5.73 Å². The van der Waals surface area contributed by atoms with Crippen LogP contribution in [0.3, 0.4) is 0 Å². The molecule has 18 heavy (non-hydrogen) atoms. The van der Waals surface area contributed by atoms with Crippen LogP contribution in [0, 0.1) is 0 Å². The summed E-state index contributed by atoms with van der Waals surface area (Å²) in [6, 6.07) is 0. The van der Waals surface area contributed by atoms with Gasteiger partial charge in [-0.3, -0.25) is 4.79 Å². The minimum atomic E-state index is 0.208. The van der Waals surface area contributed by atoms with Crippen LogP contribution >= 0.6 is 12.2 Å². The van der Waals surface area contributed by atoms with E-state index in [0.29, 0.717) is 24.4 Å². The predicted octanol–water partition coefficient (Wildman–Crippen LogP) is 3.26.